The van der Waals surface area contributed by atoms with Crippen LogP contribution in [0.25, 0.3) is 0 Å². The third-order valence-electron chi connectivity index (χ3n) is 1.07. The van der Waals surface area contributed by atoms with E-state index in [9.17, 15) is 0 Å². The van der Waals surface area contributed by atoms with Gasteiger partial charge >= 0.3 is 70.7 Å². The molecule has 2 N–H and O–H groups in total. The number of hydrogen-bond acceptors (Lipinski definition) is 2. The zero-order valence-electron chi connectivity index (χ0n) is 6.74. The summed E-state index contributed by atoms with van der Waals surface area (Å²) in [5.41, 5.74) is 0. The minimum absolute atomic E-state index is 1.04. The third kappa shape index (κ3) is 6.11. The Hall–Kier alpha value is -0.0105. The molecule has 0 aliphatic heterocycles. The molecule has 60 valence electrons. The Balaban J connectivity index is 3.09. The van der Waals surface area contributed by atoms with Gasteiger partial charge in [0.15, 0.2) is 0 Å². The average molecular weight is 207 g/mol. The Kier molecular flexibility index (Phi) is 7.09. The van der Waals surface area contributed by atoms with Gasteiger partial charge in [0, 0.05) is 0 Å². The molecule has 0 atom stereocenters. The van der Waals surface area contributed by atoms with Gasteiger partial charge < -0.3 is 0 Å². The summed E-state index contributed by atoms with van der Waals surface area (Å²) in [6.07, 6.45) is 2.33. The van der Waals surface area contributed by atoms with Gasteiger partial charge in [-0.15, -0.1) is 0 Å². The summed E-state index contributed by atoms with van der Waals surface area (Å²) in [6, 6.07) is 0. The Morgan fingerprint density at radius 1 is 1.10 bits per heavy atom. The summed E-state index contributed by atoms with van der Waals surface area (Å²) in [5, 5.41) is 6.43. The van der Waals surface area contributed by atoms with Crippen molar-refractivity contribution in [3.05, 3.63) is 0 Å². The van der Waals surface area contributed by atoms with E-state index in [-0.39, 0.29) is 0 Å². The maximum atomic E-state index is 3.22. The molecule has 0 bridgehead atoms. The molecule has 0 aromatic rings. The average Bonchev–Trinajstić information content (AvgIpc) is 1.97. The molecule has 10 heavy (non-hydrogen) atoms. The van der Waals surface area contributed by atoms with Crippen LogP contribution in [0.1, 0.15) is 26.7 Å². The van der Waals surface area contributed by atoms with E-state index in [2.05, 4.69) is 40.1 Å². The molecule has 0 amide bonds. The molecule has 0 radical (unpaired) electrons. The first-order chi connectivity index (χ1) is 4.81. The Bertz CT molecular complexity index is 83.6. The molecule has 3 heteroatoms. The van der Waals surface area contributed by atoms with E-state index in [1.165, 1.54) is 12.8 Å². The van der Waals surface area contributed by atoms with Crippen LogP contribution in [-0.2, 0) is 0 Å². The second-order valence-electron chi connectivity index (χ2n) is 2.18. The van der Waals surface area contributed by atoms with E-state index in [0.717, 1.165) is 17.8 Å². The zero-order valence-corrected chi connectivity index (χ0v) is 8.45. The van der Waals surface area contributed by atoms with Crippen molar-refractivity contribution in [2.45, 2.75) is 26.7 Å². The standard InChI is InChI=1S/C7H16N2Se/c1-3-5-8-7(10)9-6-4-2/h3-6H2,1-2H3,(H2,8,9,10). The molecule has 0 aliphatic rings. The number of rotatable bonds is 6. The van der Waals surface area contributed by atoms with E-state index in [1.807, 2.05) is 0 Å². The predicted octanol–water partition coefficient (Wildman–Crippen LogP) is 0.241. The van der Waals surface area contributed by atoms with Crippen molar-refractivity contribution in [1.29, 1.82) is 0 Å². The van der Waals surface area contributed by atoms with Crippen LogP contribution >= 0.6 is 0 Å². The van der Waals surface area contributed by atoms with Crippen LogP contribution in [-0.4, -0.2) is 33.3 Å². The van der Waals surface area contributed by atoms with Gasteiger partial charge in [0.25, 0.3) is 0 Å². The van der Waals surface area contributed by atoms with Crippen LogP contribution in [0, 0.1) is 0 Å². The molecule has 0 aromatic heterocycles. The molecule has 0 saturated carbocycles. The van der Waals surface area contributed by atoms with Gasteiger partial charge in [-0.3, -0.25) is 0 Å². The molecule has 2 nitrogen and oxygen atoms in total. The van der Waals surface area contributed by atoms with Crippen molar-refractivity contribution in [2.75, 3.05) is 13.1 Å². The maximum absolute atomic E-state index is 3.22. The second kappa shape index (κ2) is 7.10. The van der Waals surface area contributed by atoms with Gasteiger partial charge in [0.2, 0.25) is 0 Å². The van der Waals surface area contributed by atoms with Crippen LogP contribution in [0.3, 0.4) is 0 Å². The van der Waals surface area contributed by atoms with Crippen LogP contribution in [0.4, 0.5) is 0 Å². The molecular weight excluding hydrogens is 191 g/mol. The monoisotopic (exact) mass is 208 g/mol. The molecule has 0 heterocycles. The first-order valence-electron chi connectivity index (χ1n) is 3.83. The molecule has 0 rings (SSSR count). The molecule has 0 aromatic carbocycles. The molecule has 0 spiro atoms. The Labute approximate surface area is 71.1 Å². The van der Waals surface area contributed by atoms with E-state index < -0.39 is 0 Å². The first kappa shape index (κ1) is 9.99. The molecule has 0 aliphatic carbocycles. The quantitative estimate of drug-likeness (QED) is 0.610. The minimum atomic E-state index is 1.04. The van der Waals surface area contributed by atoms with Gasteiger partial charge in [0.1, 0.15) is 0 Å². The topological polar surface area (TPSA) is 24.1 Å². The Morgan fingerprint density at radius 3 is 1.80 bits per heavy atom. The van der Waals surface area contributed by atoms with Crippen molar-refractivity contribution < 1.29 is 0 Å². The predicted molar refractivity (Wildman–Crippen MR) is 47.3 cm³/mol. The first-order valence-corrected chi connectivity index (χ1v) is 4.68. The summed E-state index contributed by atoms with van der Waals surface area (Å²) >= 11 is 2.94. The van der Waals surface area contributed by atoms with E-state index in [1.54, 1.807) is 0 Å². The third-order valence-corrected chi connectivity index (χ3v) is 1.68. The summed E-state index contributed by atoms with van der Waals surface area (Å²) in [7, 11) is 0. The molecule has 0 saturated heterocycles. The van der Waals surface area contributed by atoms with Gasteiger partial charge in [-0.2, -0.15) is 0 Å². The van der Waals surface area contributed by atoms with Crippen molar-refractivity contribution >= 4 is 20.2 Å². The zero-order chi connectivity index (χ0) is 7.82. The molecule has 0 fully saturated rings. The second-order valence-corrected chi connectivity index (χ2v) is 3.04. The van der Waals surface area contributed by atoms with Crippen LogP contribution in [0.15, 0.2) is 0 Å². The fraction of sp³-hybridized carbons (Fsp3) is 0.857. The molecular formula is C7H16N2Se. The van der Waals surface area contributed by atoms with Gasteiger partial charge in [-0.25, -0.2) is 0 Å². The van der Waals surface area contributed by atoms with Gasteiger partial charge in [0.05, 0.1) is 0 Å². The van der Waals surface area contributed by atoms with Crippen LogP contribution in [0.2, 0.25) is 0 Å². The number of hydrogen-bond donors (Lipinski definition) is 2. The van der Waals surface area contributed by atoms with E-state index in [4.69, 9.17) is 0 Å². The summed E-state index contributed by atoms with van der Waals surface area (Å²) < 4.78 is 1.07. The van der Waals surface area contributed by atoms with Gasteiger partial charge in [-0.05, 0) is 0 Å². The summed E-state index contributed by atoms with van der Waals surface area (Å²) in [4.78, 5) is 0. The molecule has 0 unspecified atom stereocenters. The van der Waals surface area contributed by atoms with Gasteiger partial charge in [-0.1, -0.05) is 0 Å². The van der Waals surface area contributed by atoms with Crippen LogP contribution in [0.5, 0.6) is 0 Å². The Morgan fingerprint density at radius 2 is 1.50 bits per heavy atom. The fourth-order valence-electron chi connectivity index (χ4n) is 0.540. The van der Waals surface area contributed by atoms with Crippen molar-refractivity contribution in [1.82, 2.24) is 10.6 Å². The fourth-order valence-corrected chi connectivity index (χ4v) is 0.968. The number of nitrogens with one attached hydrogen (secondary N) is 2. The summed E-state index contributed by atoms with van der Waals surface area (Å²) in [5.74, 6) is 0. The SMILES string of the molecule is CCCNC(=[Se])NCCC. The van der Waals surface area contributed by atoms with Crippen molar-refractivity contribution in [3.8, 4) is 0 Å². The van der Waals surface area contributed by atoms with E-state index >= 15 is 0 Å². The van der Waals surface area contributed by atoms with Crippen LogP contribution < -0.4 is 10.6 Å². The van der Waals surface area contributed by atoms with Crippen molar-refractivity contribution in [2.24, 2.45) is 0 Å². The van der Waals surface area contributed by atoms with Crippen molar-refractivity contribution in [3.63, 3.8) is 0 Å². The normalized spacial score (nSPS) is 9.00. The summed E-state index contributed by atoms with van der Waals surface area (Å²) in [6.45, 7) is 6.39. The van der Waals surface area contributed by atoms with E-state index in [0.29, 0.717) is 0 Å².